The van der Waals surface area contributed by atoms with Gasteiger partial charge in [0.2, 0.25) is 0 Å². The van der Waals surface area contributed by atoms with Crippen LogP contribution in [0.5, 0.6) is 0 Å². The highest BCUT2D eigenvalue weighted by Gasteiger charge is 2.28. The normalized spacial score (nSPS) is 17.7. The number of carbonyl (C=O) groups is 1. The molecule has 0 saturated carbocycles. The maximum absolute atomic E-state index is 12.4. The summed E-state index contributed by atoms with van der Waals surface area (Å²) in [5.74, 6) is 0. The molecule has 1 fully saturated rings. The molecule has 6 nitrogen and oxygen atoms in total. The fraction of sp³-hybridized carbons (Fsp3) is 0.375. The lowest BCUT2D eigenvalue weighted by Gasteiger charge is -2.24. The minimum absolute atomic E-state index is 0.0682. The van der Waals surface area contributed by atoms with Crippen LogP contribution in [-0.4, -0.2) is 47.4 Å². The van der Waals surface area contributed by atoms with Crippen molar-refractivity contribution in [1.82, 2.24) is 15.1 Å². The number of H-pyrrole nitrogens is 1. The number of likely N-dealkylation sites (tertiary alicyclic amines) is 1. The molecular formula is C16H20N4O2. The van der Waals surface area contributed by atoms with Crippen molar-refractivity contribution in [1.29, 1.82) is 0 Å². The highest BCUT2D eigenvalue weighted by Crippen LogP contribution is 2.22. The number of hydrogen-bond donors (Lipinski definition) is 2. The zero-order valence-electron chi connectivity index (χ0n) is 12.6. The molecular weight excluding hydrogens is 280 g/mol. The van der Waals surface area contributed by atoms with Crippen molar-refractivity contribution in [3.8, 4) is 11.3 Å². The van der Waals surface area contributed by atoms with Crippen molar-refractivity contribution >= 4 is 11.7 Å². The molecule has 2 amide bonds. The van der Waals surface area contributed by atoms with E-state index in [0.29, 0.717) is 6.61 Å². The minimum Gasteiger partial charge on any atom is -0.383 e. The molecule has 2 aromatic rings. The maximum Gasteiger partial charge on any atom is 0.322 e. The number of urea groups is 1. The summed E-state index contributed by atoms with van der Waals surface area (Å²) in [6, 6.07) is 9.72. The van der Waals surface area contributed by atoms with Crippen molar-refractivity contribution in [3.05, 3.63) is 36.5 Å². The van der Waals surface area contributed by atoms with E-state index < -0.39 is 0 Å². The zero-order valence-corrected chi connectivity index (χ0v) is 12.6. The third-order valence-corrected chi connectivity index (χ3v) is 3.92. The molecule has 0 spiro atoms. The number of carbonyl (C=O) groups excluding carboxylic acids is 1. The Bertz CT molecular complexity index is 627. The lowest BCUT2D eigenvalue weighted by atomic mass is 10.1. The van der Waals surface area contributed by atoms with E-state index in [0.717, 1.165) is 36.3 Å². The number of ether oxygens (including phenoxy) is 1. The molecule has 0 unspecified atom stereocenters. The van der Waals surface area contributed by atoms with Crippen LogP contribution in [0.1, 0.15) is 12.8 Å². The first-order chi connectivity index (χ1) is 10.8. The van der Waals surface area contributed by atoms with Crippen molar-refractivity contribution in [3.63, 3.8) is 0 Å². The Morgan fingerprint density at radius 3 is 3.18 bits per heavy atom. The molecule has 2 heterocycles. The summed E-state index contributed by atoms with van der Waals surface area (Å²) in [4.78, 5) is 14.3. The molecule has 2 N–H and O–H groups in total. The van der Waals surface area contributed by atoms with E-state index in [-0.39, 0.29) is 12.1 Å². The molecule has 22 heavy (non-hydrogen) atoms. The lowest BCUT2D eigenvalue weighted by molar-refractivity contribution is 0.128. The fourth-order valence-electron chi connectivity index (χ4n) is 2.85. The largest absolute Gasteiger partial charge is 0.383 e. The number of anilines is 1. The number of aromatic nitrogens is 2. The van der Waals surface area contributed by atoms with E-state index in [1.54, 1.807) is 13.3 Å². The Morgan fingerprint density at radius 1 is 1.50 bits per heavy atom. The molecule has 0 aliphatic carbocycles. The Labute approximate surface area is 129 Å². The van der Waals surface area contributed by atoms with Gasteiger partial charge in [0.25, 0.3) is 0 Å². The highest BCUT2D eigenvalue weighted by atomic mass is 16.5. The summed E-state index contributed by atoms with van der Waals surface area (Å²) in [5, 5.41) is 9.84. The molecule has 6 heteroatoms. The highest BCUT2D eigenvalue weighted by molar-refractivity contribution is 5.90. The molecule has 0 bridgehead atoms. The van der Waals surface area contributed by atoms with E-state index in [1.165, 1.54) is 0 Å². The molecule has 1 aromatic carbocycles. The molecule has 116 valence electrons. The Kier molecular flexibility index (Phi) is 4.39. The molecule has 1 aromatic heterocycles. The standard InChI is InChI=1S/C16H20N4O2/c1-22-11-14-6-3-9-20(14)16(21)18-13-5-2-4-12(10-13)15-7-8-17-19-15/h2,4-5,7-8,10,14H,3,6,9,11H2,1H3,(H,17,19)(H,18,21)/t14-/m0/s1. The zero-order chi connectivity index (χ0) is 15.4. The van der Waals surface area contributed by atoms with Gasteiger partial charge in [-0.2, -0.15) is 5.10 Å². The van der Waals surface area contributed by atoms with Crippen LogP contribution < -0.4 is 5.32 Å². The van der Waals surface area contributed by atoms with Crippen LogP contribution in [0.25, 0.3) is 11.3 Å². The third kappa shape index (κ3) is 3.12. The topological polar surface area (TPSA) is 70.2 Å². The van der Waals surface area contributed by atoms with Gasteiger partial charge in [0.15, 0.2) is 0 Å². The van der Waals surface area contributed by atoms with Crippen LogP contribution >= 0.6 is 0 Å². The Balaban J connectivity index is 1.70. The predicted molar refractivity (Wildman–Crippen MR) is 84.6 cm³/mol. The van der Waals surface area contributed by atoms with Gasteiger partial charge in [-0.1, -0.05) is 12.1 Å². The van der Waals surface area contributed by atoms with Crippen molar-refractivity contribution in [2.24, 2.45) is 0 Å². The van der Waals surface area contributed by atoms with Gasteiger partial charge >= 0.3 is 6.03 Å². The van der Waals surface area contributed by atoms with Crippen molar-refractivity contribution < 1.29 is 9.53 Å². The summed E-state index contributed by atoms with van der Waals surface area (Å²) < 4.78 is 5.19. The third-order valence-electron chi connectivity index (χ3n) is 3.92. The number of benzene rings is 1. The summed E-state index contributed by atoms with van der Waals surface area (Å²) in [7, 11) is 1.67. The van der Waals surface area contributed by atoms with Crippen LogP contribution in [0.3, 0.4) is 0 Å². The number of methoxy groups -OCH3 is 1. The minimum atomic E-state index is -0.0682. The second kappa shape index (κ2) is 6.62. The van der Waals surface area contributed by atoms with Gasteiger partial charge in [0.1, 0.15) is 0 Å². The second-order valence-electron chi connectivity index (χ2n) is 5.43. The number of rotatable bonds is 4. The van der Waals surface area contributed by atoms with Crippen molar-refractivity contribution in [2.45, 2.75) is 18.9 Å². The van der Waals surface area contributed by atoms with Gasteiger partial charge in [-0.05, 0) is 31.0 Å². The molecule has 0 radical (unpaired) electrons. The monoisotopic (exact) mass is 300 g/mol. The number of hydrogen-bond acceptors (Lipinski definition) is 3. The first-order valence-electron chi connectivity index (χ1n) is 7.44. The van der Waals surface area contributed by atoms with Gasteiger partial charge in [0.05, 0.1) is 18.3 Å². The molecule has 1 aliphatic rings. The Hall–Kier alpha value is -2.34. The second-order valence-corrected chi connectivity index (χ2v) is 5.43. The SMILES string of the molecule is COC[C@@H]1CCCN1C(=O)Nc1cccc(-c2ccn[nH]2)c1. The van der Waals surface area contributed by atoms with Crippen LogP contribution in [0.2, 0.25) is 0 Å². The van der Waals surface area contributed by atoms with E-state index in [2.05, 4.69) is 15.5 Å². The number of aromatic amines is 1. The summed E-state index contributed by atoms with van der Waals surface area (Å²) in [6.45, 7) is 1.36. The lowest BCUT2D eigenvalue weighted by Crippen LogP contribution is -2.40. The van der Waals surface area contributed by atoms with Crippen LogP contribution in [0, 0.1) is 0 Å². The first-order valence-corrected chi connectivity index (χ1v) is 7.44. The van der Waals surface area contributed by atoms with Gasteiger partial charge in [-0.15, -0.1) is 0 Å². The average Bonchev–Trinajstić information content (AvgIpc) is 3.19. The van der Waals surface area contributed by atoms with Gasteiger partial charge in [0, 0.05) is 31.1 Å². The number of nitrogens with one attached hydrogen (secondary N) is 2. The Morgan fingerprint density at radius 2 is 2.41 bits per heavy atom. The molecule has 3 rings (SSSR count). The summed E-state index contributed by atoms with van der Waals surface area (Å²) in [5.41, 5.74) is 2.69. The van der Waals surface area contributed by atoms with Crippen LogP contribution in [0.15, 0.2) is 36.5 Å². The first kappa shape index (κ1) is 14.6. The van der Waals surface area contributed by atoms with E-state index in [1.807, 2.05) is 35.2 Å². The van der Waals surface area contributed by atoms with Gasteiger partial charge < -0.3 is 15.0 Å². The van der Waals surface area contributed by atoms with Crippen LogP contribution in [-0.2, 0) is 4.74 Å². The molecule has 1 atom stereocenters. The predicted octanol–water partition coefficient (Wildman–Crippen LogP) is 2.72. The van der Waals surface area contributed by atoms with E-state index >= 15 is 0 Å². The summed E-state index contributed by atoms with van der Waals surface area (Å²) in [6.07, 6.45) is 3.73. The van der Waals surface area contributed by atoms with Gasteiger partial charge in [-0.25, -0.2) is 4.79 Å². The number of nitrogens with zero attached hydrogens (tertiary/aromatic N) is 2. The maximum atomic E-state index is 12.4. The molecule has 1 aliphatic heterocycles. The van der Waals surface area contributed by atoms with E-state index in [4.69, 9.17) is 4.74 Å². The fourth-order valence-corrected chi connectivity index (χ4v) is 2.85. The average molecular weight is 300 g/mol. The molecule has 1 saturated heterocycles. The van der Waals surface area contributed by atoms with E-state index in [9.17, 15) is 4.79 Å². The summed E-state index contributed by atoms with van der Waals surface area (Å²) >= 11 is 0. The van der Waals surface area contributed by atoms with Crippen LogP contribution in [0.4, 0.5) is 10.5 Å². The number of amides is 2. The smallest absolute Gasteiger partial charge is 0.322 e. The van der Waals surface area contributed by atoms with Gasteiger partial charge in [-0.3, -0.25) is 5.10 Å². The quantitative estimate of drug-likeness (QED) is 0.912. The van der Waals surface area contributed by atoms with Crippen molar-refractivity contribution in [2.75, 3.05) is 25.6 Å².